The van der Waals surface area contributed by atoms with E-state index in [-0.39, 0.29) is 31.4 Å². The van der Waals surface area contributed by atoms with E-state index in [9.17, 15) is 14.4 Å². The summed E-state index contributed by atoms with van der Waals surface area (Å²) in [6, 6.07) is 16.2. The fraction of sp³-hybridized carbons (Fsp3) is 0.348. The molecule has 0 aromatic heterocycles. The quantitative estimate of drug-likeness (QED) is 0.432. The maximum atomic E-state index is 12.1. The van der Waals surface area contributed by atoms with E-state index in [0.717, 1.165) is 11.1 Å². The predicted octanol–water partition coefficient (Wildman–Crippen LogP) is 2.26. The van der Waals surface area contributed by atoms with Gasteiger partial charge in [0.05, 0.1) is 6.54 Å². The Morgan fingerprint density at radius 3 is 2.16 bits per heavy atom. The van der Waals surface area contributed by atoms with Gasteiger partial charge in [-0.2, -0.15) is 0 Å². The molecule has 0 bridgehead atoms. The van der Waals surface area contributed by atoms with Crippen LogP contribution in [0.5, 0.6) is 0 Å². The number of alkyl carbamates (subject to hydrolysis) is 1. The van der Waals surface area contributed by atoms with E-state index in [2.05, 4.69) is 34.9 Å². The van der Waals surface area contributed by atoms with Crippen molar-refractivity contribution in [1.82, 2.24) is 10.6 Å². The van der Waals surface area contributed by atoms with Crippen molar-refractivity contribution in [2.24, 2.45) is 0 Å². The minimum absolute atomic E-state index is 0.00278. The summed E-state index contributed by atoms with van der Waals surface area (Å²) < 4.78 is 5.44. The standard InChI is InChI=1S/C23H26N2O6/c26-20(22(28)29)13-25-21(27)11-5-6-12-24-23(30)31-14-19-17-9-3-1-7-15(17)16-8-2-4-10-18(16)19/h1-4,7-10,19-20,26H,5-6,11-14H2,(H,24,30)(H,25,27)(H,28,29). The van der Waals surface area contributed by atoms with Gasteiger partial charge in [0.2, 0.25) is 5.91 Å². The number of nitrogens with one attached hydrogen (secondary N) is 2. The second kappa shape index (κ2) is 10.6. The number of fused-ring (bicyclic) bond motifs is 3. The number of carboxylic acids is 1. The van der Waals surface area contributed by atoms with E-state index in [1.807, 2.05) is 24.3 Å². The third-order valence-corrected chi connectivity index (χ3v) is 5.22. The van der Waals surface area contributed by atoms with Gasteiger partial charge in [0.15, 0.2) is 6.10 Å². The molecule has 0 saturated heterocycles. The fourth-order valence-electron chi connectivity index (χ4n) is 3.64. The minimum atomic E-state index is -1.61. The van der Waals surface area contributed by atoms with Crippen molar-refractivity contribution in [2.75, 3.05) is 19.7 Å². The molecule has 164 valence electrons. The lowest BCUT2D eigenvalue weighted by Crippen LogP contribution is -2.36. The van der Waals surface area contributed by atoms with Crippen LogP contribution in [0.4, 0.5) is 4.79 Å². The summed E-state index contributed by atoms with van der Waals surface area (Å²) in [7, 11) is 0. The molecule has 0 aliphatic heterocycles. The summed E-state index contributed by atoms with van der Waals surface area (Å²) in [5, 5.41) is 22.7. The Balaban J connectivity index is 1.36. The predicted molar refractivity (Wildman–Crippen MR) is 114 cm³/mol. The number of carbonyl (C=O) groups is 3. The molecule has 2 aromatic rings. The lowest BCUT2D eigenvalue weighted by molar-refractivity contribution is -0.146. The van der Waals surface area contributed by atoms with Crippen LogP contribution in [0.25, 0.3) is 11.1 Å². The summed E-state index contributed by atoms with van der Waals surface area (Å²) in [5.41, 5.74) is 4.63. The first kappa shape index (κ1) is 22.3. The SMILES string of the molecule is O=C(CCCCNC(=O)OCC1c2ccccc2-c2ccccc21)NCC(O)C(=O)O. The molecule has 0 radical (unpaired) electrons. The second-order valence-electron chi connectivity index (χ2n) is 7.37. The van der Waals surface area contributed by atoms with Crippen LogP contribution in [0.2, 0.25) is 0 Å². The van der Waals surface area contributed by atoms with Crippen LogP contribution in [-0.4, -0.2) is 54.0 Å². The number of aliphatic hydroxyl groups is 1. The zero-order valence-electron chi connectivity index (χ0n) is 17.0. The van der Waals surface area contributed by atoms with E-state index in [1.165, 1.54) is 11.1 Å². The number of unbranched alkanes of at least 4 members (excludes halogenated alkanes) is 1. The monoisotopic (exact) mass is 426 g/mol. The van der Waals surface area contributed by atoms with Crippen LogP contribution in [0.3, 0.4) is 0 Å². The van der Waals surface area contributed by atoms with Gasteiger partial charge in [-0.1, -0.05) is 48.5 Å². The Kier molecular flexibility index (Phi) is 7.61. The van der Waals surface area contributed by atoms with Crippen LogP contribution in [-0.2, 0) is 14.3 Å². The van der Waals surface area contributed by atoms with Gasteiger partial charge in [0.25, 0.3) is 0 Å². The number of aliphatic carboxylic acids is 1. The van der Waals surface area contributed by atoms with Gasteiger partial charge >= 0.3 is 12.1 Å². The van der Waals surface area contributed by atoms with Gasteiger partial charge in [-0.25, -0.2) is 9.59 Å². The molecular weight excluding hydrogens is 400 g/mol. The Hall–Kier alpha value is -3.39. The first-order valence-corrected chi connectivity index (χ1v) is 10.2. The molecule has 31 heavy (non-hydrogen) atoms. The molecule has 0 fully saturated rings. The van der Waals surface area contributed by atoms with Gasteiger partial charge in [-0.15, -0.1) is 0 Å². The molecule has 0 saturated carbocycles. The topological polar surface area (TPSA) is 125 Å². The maximum absolute atomic E-state index is 12.1. The highest BCUT2D eigenvalue weighted by atomic mass is 16.5. The number of hydrogen-bond acceptors (Lipinski definition) is 5. The van der Waals surface area contributed by atoms with Crippen molar-refractivity contribution in [3.8, 4) is 11.1 Å². The maximum Gasteiger partial charge on any atom is 0.407 e. The number of aliphatic hydroxyl groups excluding tert-OH is 1. The Labute approximate surface area is 180 Å². The van der Waals surface area contributed by atoms with E-state index in [0.29, 0.717) is 19.4 Å². The molecule has 4 N–H and O–H groups in total. The molecule has 1 atom stereocenters. The number of rotatable bonds is 10. The van der Waals surface area contributed by atoms with Gasteiger partial charge in [-0.3, -0.25) is 4.79 Å². The van der Waals surface area contributed by atoms with Crippen LogP contribution in [0.15, 0.2) is 48.5 Å². The molecule has 8 heteroatoms. The fourth-order valence-corrected chi connectivity index (χ4v) is 3.64. The first-order chi connectivity index (χ1) is 15.0. The van der Waals surface area contributed by atoms with Crippen molar-refractivity contribution in [3.05, 3.63) is 59.7 Å². The molecule has 1 aliphatic rings. The number of benzene rings is 2. The molecule has 1 unspecified atom stereocenters. The average molecular weight is 426 g/mol. The second-order valence-corrected chi connectivity index (χ2v) is 7.37. The molecule has 1 aliphatic carbocycles. The Morgan fingerprint density at radius 1 is 0.935 bits per heavy atom. The van der Waals surface area contributed by atoms with Crippen molar-refractivity contribution < 1.29 is 29.3 Å². The lowest BCUT2D eigenvalue weighted by Gasteiger charge is -2.14. The minimum Gasteiger partial charge on any atom is -0.479 e. The van der Waals surface area contributed by atoms with E-state index in [1.54, 1.807) is 0 Å². The van der Waals surface area contributed by atoms with Crippen molar-refractivity contribution in [2.45, 2.75) is 31.3 Å². The van der Waals surface area contributed by atoms with Gasteiger partial charge in [0, 0.05) is 18.9 Å². The van der Waals surface area contributed by atoms with Gasteiger partial charge < -0.3 is 25.6 Å². The zero-order chi connectivity index (χ0) is 22.2. The number of hydrogen-bond donors (Lipinski definition) is 4. The van der Waals surface area contributed by atoms with E-state index >= 15 is 0 Å². The Bertz CT molecular complexity index is 900. The molecule has 0 heterocycles. The zero-order valence-corrected chi connectivity index (χ0v) is 17.0. The number of amides is 2. The lowest BCUT2D eigenvalue weighted by atomic mass is 9.98. The molecule has 8 nitrogen and oxygen atoms in total. The highest BCUT2D eigenvalue weighted by molar-refractivity contribution is 5.79. The third kappa shape index (κ3) is 5.82. The highest BCUT2D eigenvalue weighted by Crippen LogP contribution is 2.44. The number of carbonyl (C=O) groups excluding carboxylic acids is 2. The summed E-state index contributed by atoms with van der Waals surface area (Å²) in [6.07, 6.45) is -0.855. The van der Waals surface area contributed by atoms with Gasteiger partial charge in [0.1, 0.15) is 6.61 Å². The van der Waals surface area contributed by atoms with Crippen molar-refractivity contribution in [1.29, 1.82) is 0 Å². The first-order valence-electron chi connectivity index (χ1n) is 10.2. The average Bonchev–Trinajstić information content (AvgIpc) is 3.09. The molecular formula is C23H26N2O6. The molecule has 2 amide bonds. The smallest absolute Gasteiger partial charge is 0.407 e. The van der Waals surface area contributed by atoms with E-state index < -0.39 is 18.2 Å². The molecule has 0 spiro atoms. The summed E-state index contributed by atoms with van der Waals surface area (Å²) in [4.78, 5) is 34.1. The number of carboxylic acid groups (broad SMARTS) is 1. The number of ether oxygens (including phenoxy) is 1. The normalized spacial score (nSPS) is 13.1. The summed E-state index contributed by atoms with van der Waals surface area (Å²) >= 11 is 0. The molecule has 2 aromatic carbocycles. The van der Waals surface area contributed by atoms with Crippen molar-refractivity contribution >= 4 is 18.0 Å². The van der Waals surface area contributed by atoms with E-state index in [4.69, 9.17) is 14.9 Å². The van der Waals surface area contributed by atoms with Crippen molar-refractivity contribution in [3.63, 3.8) is 0 Å². The van der Waals surface area contributed by atoms with Crippen LogP contribution in [0.1, 0.15) is 36.3 Å². The van der Waals surface area contributed by atoms with Crippen LogP contribution < -0.4 is 10.6 Å². The Morgan fingerprint density at radius 2 is 1.55 bits per heavy atom. The summed E-state index contributed by atoms with van der Waals surface area (Å²) in [6.45, 7) is 0.280. The van der Waals surface area contributed by atoms with Crippen LogP contribution in [0, 0.1) is 0 Å². The largest absolute Gasteiger partial charge is 0.479 e. The molecule has 3 rings (SSSR count). The van der Waals surface area contributed by atoms with Gasteiger partial charge in [-0.05, 0) is 35.1 Å². The highest BCUT2D eigenvalue weighted by Gasteiger charge is 2.28. The summed E-state index contributed by atoms with van der Waals surface area (Å²) in [5.74, 6) is -1.72. The third-order valence-electron chi connectivity index (χ3n) is 5.22. The van der Waals surface area contributed by atoms with Crippen LogP contribution >= 0.6 is 0 Å².